The molecule has 2 spiro atoms. The van der Waals surface area contributed by atoms with Gasteiger partial charge in [-0.3, -0.25) is 0 Å². The Balaban J connectivity index is 0.973. The van der Waals surface area contributed by atoms with Gasteiger partial charge in [0, 0.05) is 26.2 Å². The van der Waals surface area contributed by atoms with Crippen molar-refractivity contribution in [1.82, 2.24) is 10.2 Å². The van der Waals surface area contributed by atoms with Gasteiger partial charge in [0.15, 0.2) is 6.29 Å². The molecule has 1 amide bonds. The normalized spacial score (nSPS) is 50.3. The summed E-state index contributed by atoms with van der Waals surface area (Å²) < 4.78 is 25.9. The summed E-state index contributed by atoms with van der Waals surface area (Å²) in [6.45, 7) is 16.3. The minimum atomic E-state index is -0.146. The summed E-state index contributed by atoms with van der Waals surface area (Å²) in [6.07, 6.45) is 14.4. The molecule has 5 saturated carbocycles. The fourth-order valence-electron chi connectivity index (χ4n) is 12.9. The van der Waals surface area contributed by atoms with Crippen molar-refractivity contribution < 1.29 is 23.7 Å². The Morgan fingerprint density at radius 3 is 2.49 bits per heavy atom. The van der Waals surface area contributed by atoms with Crippen LogP contribution >= 0.6 is 0 Å². The quantitative estimate of drug-likeness (QED) is 0.396. The van der Waals surface area contributed by atoms with Crippen molar-refractivity contribution in [2.45, 2.75) is 136 Å². The maximum Gasteiger partial charge on any atom is 0.410 e. The molecule has 5 unspecified atom stereocenters. The summed E-state index contributed by atoms with van der Waals surface area (Å²) in [4.78, 5) is 14.6. The molecule has 5 aliphatic carbocycles. The average molecular weight is 599 g/mol. The standard InChI is InChI=1S/C36H58N2O5/c1-22(2)31(43-32(39)38-16-6-17-38)26-9-7-24-27(41-26)19-25-23-8-10-28-33(3,4)29(42-30-20-37-15-18-40-30)11-12-36(28)21-35(23,36)14-13-34(24,25)5/h22-31,37H,6-21H2,1-5H3/t23?,24-,25?,26?,27?,28-,29-,30?,31+,34+,35-,36+/m0/s1. The number of morpholine rings is 1. The van der Waals surface area contributed by atoms with E-state index in [-0.39, 0.29) is 35.9 Å². The smallest absolute Gasteiger partial charge is 0.410 e. The number of nitrogens with zero attached hydrogens (tertiary/aromatic N) is 1. The van der Waals surface area contributed by atoms with Gasteiger partial charge in [-0.1, -0.05) is 34.6 Å². The Morgan fingerprint density at radius 2 is 1.77 bits per heavy atom. The SMILES string of the molecule is CC(C)[C@@H](OC(=O)N1CCC1)C1CC[C@H]2C(CC3C4CC[C@H]5C(C)(C)[C@@H](OC6CNCCO6)CC[C@@]56C[C@@]46CC[C@@]32C)O1. The Hall–Kier alpha value is -0.890. The lowest BCUT2D eigenvalue weighted by atomic mass is 9.46. The molecule has 0 bridgehead atoms. The van der Waals surface area contributed by atoms with Gasteiger partial charge < -0.3 is 29.2 Å². The minimum Gasteiger partial charge on any atom is -0.443 e. The van der Waals surface area contributed by atoms with Crippen LogP contribution in [0.3, 0.4) is 0 Å². The third-order valence-electron chi connectivity index (χ3n) is 15.1. The van der Waals surface area contributed by atoms with E-state index in [4.69, 9.17) is 18.9 Å². The molecule has 1 N–H and O–H groups in total. The largest absolute Gasteiger partial charge is 0.443 e. The summed E-state index contributed by atoms with van der Waals surface area (Å²) >= 11 is 0. The highest BCUT2D eigenvalue weighted by molar-refractivity contribution is 5.68. The van der Waals surface area contributed by atoms with Gasteiger partial charge in [0.05, 0.1) is 24.9 Å². The highest BCUT2D eigenvalue weighted by Crippen LogP contribution is 2.87. The Labute approximate surface area is 259 Å². The first-order chi connectivity index (χ1) is 20.6. The summed E-state index contributed by atoms with van der Waals surface area (Å²) in [5.41, 5.74) is 1.65. The van der Waals surface area contributed by atoms with E-state index in [2.05, 4.69) is 39.9 Å². The molecule has 8 rings (SSSR count). The topological polar surface area (TPSA) is 69.3 Å². The predicted octanol–water partition coefficient (Wildman–Crippen LogP) is 6.39. The van der Waals surface area contributed by atoms with Gasteiger partial charge in [-0.05, 0) is 122 Å². The number of carbonyl (C=O) groups excluding carboxylic acids is 1. The molecule has 0 aromatic carbocycles. The van der Waals surface area contributed by atoms with Crippen LogP contribution in [0.25, 0.3) is 0 Å². The van der Waals surface area contributed by atoms with E-state index in [9.17, 15) is 4.79 Å². The summed E-state index contributed by atoms with van der Waals surface area (Å²) in [6, 6.07) is 0. The van der Waals surface area contributed by atoms with E-state index < -0.39 is 0 Å². The number of carbonyl (C=O) groups is 1. The van der Waals surface area contributed by atoms with Gasteiger partial charge in [0.1, 0.15) is 6.10 Å². The van der Waals surface area contributed by atoms with Crippen LogP contribution in [0.1, 0.15) is 105 Å². The lowest BCUT2D eigenvalue weighted by Crippen LogP contribution is -2.56. The fourth-order valence-corrected chi connectivity index (χ4v) is 12.9. The van der Waals surface area contributed by atoms with Crippen LogP contribution < -0.4 is 5.32 Å². The number of amides is 1. The van der Waals surface area contributed by atoms with Gasteiger partial charge in [-0.25, -0.2) is 4.79 Å². The second-order valence-corrected chi connectivity index (χ2v) is 17.4. The second-order valence-electron chi connectivity index (χ2n) is 17.4. The molecule has 0 aromatic heterocycles. The summed E-state index contributed by atoms with van der Waals surface area (Å²) in [5.74, 6) is 3.30. The monoisotopic (exact) mass is 598 g/mol. The molecule has 0 radical (unpaired) electrons. The highest BCUT2D eigenvalue weighted by Gasteiger charge is 2.80. The first-order valence-electron chi connectivity index (χ1n) is 18.2. The number of likely N-dealkylation sites (tertiary alicyclic amines) is 1. The summed E-state index contributed by atoms with van der Waals surface area (Å²) in [7, 11) is 0. The third-order valence-corrected chi connectivity index (χ3v) is 15.1. The van der Waals surface area contributed by atoms with E-state index in [1.807, 2.05) is 4.90 Å². The van der Waals surface area contributed by atoms with Crippen LogP contribution in [-0.4, -0.2) is 74.5 Å². The first kappa shape index (κ1) is 29.5. The molecule has 12 atom stereocenters. The number of fused-ring (bicyclic) bond motifs is 4. The average Bonchev–Trinajstić information content (AvgIpc) is 3.52. The Morgan fingerprint density at radius 1 is 0.953 bits per heavy atom. The molecule has 3 heterocycles. The van der Waals surface area contributed by atoms with Crippen molar-refractivity contribution in [3.63, 3.8) is 0 Å². The predicted molar refractivity (Wildman–Crippen MR) is 164 cm³/mol. The molecule has 8 aliphatic rings. The highest BCUT2D eigenvalue weighted by atomic mass is 16.7. The van der Waals surface area contributed by atoms with Crippen molar-refractivity contribution in [3.8, 4) is 0 Å². The lowest BCUT2D eigenvalue weighted by molar-refractivity contribution is -0.232. The zero-order chi connectivity index (χ0) is 29.8. The molecular weight excluding hydrogens is 540 g/mol. The minimum absolute atomic E-state index is 0.0339. The Kier molecular flexibility index (Phi) is 7.07. The number of hydrogen-bond donors (Lipinski definition) is 1. The number of ether oxygens (including phenoxy) is 4. The molecule has 0 aromatic rings. The zero-order valence-corrected chi connectivity index (χ0v) is 27.6. The maximum absolute atomic E-state index is 12.8. The molecule has 43 heavy (non-hydrogen) atoms. The first-order valence-corrected chi connectivity index (χ1v) is 18.2. The van der Waals surface area contributed by atoms with Crippen LogP contribution in [-0.2, 0) is 18.9 Å². The van der Waals surface area contributed by atoms with Gasteiger partial charge >= 0.3 is 6.09 Å². The number of hydrogen-bond acceptors (Lipinski definition) is 6. The van der Waals surface area contributed by atoms with E-state index in [0.29, 0.717) is 34.4 Å². The van der Waals surface area contributed by atoms with Gasteiger partial charge in [0.2, 0.25) is 0 Å². The summed E-state index contributed by atoms with van der Waals surface area (Å²) in [5, 5.41) is 3.45. The molecule has 7 nitrogen and oxygen atoms in total. The van der Waals surface area contributed by atoms with Crippen molar-refractivity contribution in [3.05, 3.63) is 0 Å². The number of rotatable bonds is 5. The van der Waals surface area contributed by atoms with Gasteiger partial charge in [-0.2, -0.15) is 0 Å². The van der Waals surface area contributed by atoms with Crippen LogP contribution in [0.15, 0.2) is 0 Å². The Bertz CT molecular complexity index is 1090. The molecule has 3 saturated heterocycles. The van der Waals surface area contributed by atoms with Crippen LogP contribution in [0.5, 0.6) is 0 Å². The van der Waals surface area contributed by atoms with E-state index in [1.54, 1.807) is 0 Å². The van der Waals surface area contributed by atoms with E-state index >= 15 is 0 Å². The third kappa shape index (κ3) is 4.29. The maximum atomic E-state index is 12.8. The molecule has 8 fully saturated rings. The lowest BCUT2D eigenvalue weighted by Gasteiger charge is -2.60. The van der Waals surface area contributed by atoms with Crippen LogP contribution in [0.4, 0.5) is 4.79 Å². The van der Waals surface area contributed by atoms with Crippen molar-refractivity contribution in [2.75, 3.05) is 32.8 Å². The second kappa shape index (κ2) is 10.3. The van der Waals surface area contributed by atoms with E-state index in [1.165, 1.54) is 57.8 Å². The van der Waals surface area contributed by atoms with E-state index in [0.717, 1.165) is 63.4 Å². The zero-order valence-electron chi connectivity index (χ0n) is 27.6. The molecule has 242 valence electrons. The van der Waals surface area contributed by atoms with Crippen molar-refractivity contribution in [1.29, 1.82) is 0 Å². The number of nitrogens with one attached hydrogen (secondary N) is 1. The fraction of sp³-hybridized carbons (Fsp3) is 0.972. The van der Waals surface area contributed by atoms with Crippen molar-refractivity contribution >= 4 is 6.09 Å². The molecule has 7 heteroatoms. The van der Waals surface area contributed by atoms with Crippen LogP contribution in [0.2, 0.25) is 0 Å². The van der Waals surface area contributed by atoms with Crippen LogP contribution in [0, 0.1) is 51.2 Å². The van der Waals surface area contributed by atoms with Crippen molar-refractivity contribution in [2.24, 2.45) is 51.2 Å². The molecule has 3 aliphatic heterocycles. The molecular formula is C36H58N2O5. The van der Waals surface area contributed by atoms with Gasteiger partial charge in [0.25, 0.3) is 0 Å². The van der Waals surface area contributed by atoms with Gasteiger partial charge in [-0.15, -0.1) is 0 Å².